The summed E-state index contributed by atoms with van der Waals surface area (Å²) in [6, 6.07) is 13.2. The van der Waals surface area contributed by atoms with Gasteiger partial charge in [-0.25, -0.2) is 9.67 Å². The molecule has 0 saturated heterocycles. The van der Waals surface area contributed by atoms with Gasteiger partial charge in [0, 0.05) is 18.3 Å². The van der Waals surface area contributed by atoms with E-state index < -0.39 is 0 Å². The molecule has 1 N–H and O–H groups in total. The molecule has 0 saturated carbocycles. The van der Waals surface area contributed by atoms with Crippen molar-refractivity contribution in [3.63, 3.8) is 0 Å². The standard InChI is InChI=1S/C20H22N4O3/c1-3-12-27-20-15(8-7-11-21-20)13-22-19(25)18-17(26-2)14-24(23-18)16-9-5-4-6-10-16/h4-11,14H,3,12-13H2,1-2H3,(H,22,25). The quantitative estimate of drug-likeness (QED) is 0.663. The number of methoxy groups -OCH3 is 1. The number of hydrogen-bond donors (Lipinski definition) is 1. The van der Waals surface area contributed by atoms with Gasteiger partial charge in [-0.1, -0.05) is 31.2 Å². The Morgan fingerprint density at radius 3 is 2.74 bits per heavy atom. The molecule has 0 bridgehead atoms. The molecule has 0 unspecified atom stereocenters. The lowest BCUT2D eigenvalue weighted by atomic mass is 10.2. The highest BCUT2D eigenvalue weighted by atomic mass is 16.5. The molecule has 3 rings (SSSR count). The molecule has 1 aromatic carbocycles. The minimum absolute atomic E-state index is 0.223. The SMILES string of the molecule is CCCOc1ncccc1CNC(=O)c1nn(-c2ccccc2)cc1OC. The third kappa shape index (κ3) is 4.44. The lowest BCUT2D eigenvalue weighted by molar-refractivity contribution is 0.0942. The Hall–Kier alpha value is -3.35. The number of pyridine rings is 1. The summed E-state index contributed by atoms with van der Waals surface area (Å²) < 4.78 is 12.6. The van der Waals surface area contributed by atoms with E-state index in [4.69, 9.17) is 9.47 Å². The molecular weight excluding hydrogens is 344 g/mol. The largest absolute Gasteiger partial charge is 0.493 e. The Kier molecular flexibility index (Phi) is 6.04. The van der Waals surface area contributed by atoms with Crippen LogP contribution in [0.5, 0.6) is 11.6 Å². The monoisotopic (exact) mass is 366 g/mol. The van der Waals surface area contributed by atoms with E-state index >= 15 is 0 Å². The molecule has 1 amide bonds. The summed E-state index contributed by atoms with van der Waals surface area (Å²) in [7, 11) is 1.51. The van der Waals surface area contributed by atoms with Gasteiger partial charge in [-0.2, -0.15) is 5.10 Å². The van der Waals surface area contributed by atoms with E-state index in [9.17, 15) is 4.79 Å². The summed E-state index contributed by atoms with van der Waals surface area (Å²) in [6.45, 7) is 2.89. The molecule has 0 radical (unpaired) electrons. The molecule has 0 aliphatic heterocycles. The molecule has 3 aromatic rings. The Balaban J connectivity index is 1.74. The first kappa shape index (κ1) is 18.4. The van der Waals surface area contributed by atoms with Crippen LogP contribution in [-0.2, 0) is 6.54 Å². The fourth-order valence-electron chi connectivity index (χ4n) is 2.52. The summed E-state index contributed by atoms with van der Waals surface area (Å²) in [4.78, 5) is 16.9. The van der Waals surface area contributed by atoms with E-state index in [1.807, 2.05) is 49.4 Å². The lowest BCUT2D eigenvalue weighted by Crippen LogP contribution is -2.24. The first-order valence-electron chi connectivity index (χ1n) is 8.77. The predicted molar refractivity (Wildman–Crippen MR) is 101 cm³/mol. The Labute approximate surface area is 158 Å². The van der Waals surface area contributed by atoms with Crippen LogP contribution in [0.25, 0.3) is 5.69 Å². The molecule has 140 valence electrons. The number of aromatic nitrogens is 3. The smallest absolute Gasteiger partial charge is 0.275 e. The van der Waals surface area contributed by atoms with Crippen molar-refractivity contribution in [1.29, 1.82) is 0 Å². The minimum atomic E-state index is -0.327. The van der Waals surface area contributed by atoms with Gasteiger partial charge in [0.05, 0.1) is 25.6 Å². The van der Waals surface area contributed by atoms with Crippen LogP contribution in [0, 0.1) is 0 Å². The van der Waals surface area contributed by atoms with Gasteiger partial charge in [0.2, 0.25) is 5.88 Å². The normalized spacial score (nSPS) is 10.4. The zero-order valence-electron chi connectivity index (χ0n) is 15.4. The summed E-state index contributed by atoms with van der Waals surface area (Å²) >= 11 is 0. The second-order valence-corrected chi connectivity index (χ2v) is 5.83. The van der Waals surface area contributed by atoms with E-state index in [1.165, 1.54) is 7.11 Å². The van der Waals surface area contributed by atoms with Crippen molar-refractivity contribution in [3.8, 4) is 17.3 Å². The zero-order chi connectivity index (χ0) is 19.1. The molecule has 7 nitrogen and oxygen atoms in total. The number of hydrogen-bond acceptors (Lipinski definition) is 5. The Morgan fingerprint density at radius 1 is 1.19 bits per heavy atom. The molecule has 0 spiro atoms. The summed E-state index contributed by atoms with van der Waals surface area (Å²) in [6.07, 6.45) is 4.24. The summed E-state index contributed by atoms with van der Waals surface area (Å²) in [5.41, 5.74) is 1.87. The lowest BCUT2D eigenvalue weighted by Gasteiger charge is -2.10. The van der Waals surface area contributed by atoms with Crippen molar-refractivity contribution < 1.29 is 14.3 Å². The number of nitrogens with zero attached hydrogens (tertiary/aromatic N) is 3. The van der Waals surface area contributed by atoms with Gasteiger partial charge in [-0.3, -0.25) is 4.79 Å². The van der Waals surface area contributed by atoms with Crippen molar-refractivity contribution in [1.82, 2.24) is 20.1 Å². The molecule has 0 aliphatic carbocycles. The van der Waals surface area contributed by atoms with Crippen LogP contribution in [0.3, 0.4) is 0 Å². The maximum absolute atomic E-state index is 12.6. The van der Waals surface area contributed by atoms with Gasteiger partial charge in [-0.15, -0.1) is 0 Å². The van der Waals surface area contributed by atoms with Gasteiger partial charge in [0.1, 0.15) is 0 Å². The van der Waals surface area contributed by atoms with E-state index in [2.05, 4.69) is 15.4 Å². The van der Waals surface area contributed by atoms with E-state index in [0.29, 0.717) is 18.2 Å². The number of para-hydroxylation sites is 1. The number of carbonyl (C=O) groups is 1. The molecule has 2 aromatic heterocycles. The van der Waals surface area contributed by atoms with Crippen molar-refractivity contribution >= 4 is 5.91 Å². The highest BCUT2D eigenvalue weighted by Crippen LogP contribution is 2.20. The maximum atomic E-state index is 12.6. The summed E-state index contributed by atoms with van der Waals surface area (Å²) in [5.74, 6) is 0.609. The predicted octanol–water partition coefficient (Wildman–Crippen LogP) is 2.99. The average molecular weight is 366 g/mol. The molecule has 0 fully saturated rings. The Morgan fingerprint density at radius 2 is 2.00 bits per heavy atom. The van der Waals surface area contributed by atoms with Gasteiger partial charge in [0.25, 0.3) is 5.91 Å². The van der Waals surface area contributed by atoms with Gasteiger partial charge < -0.3 is 14.8 Å². The number of amides is 1. The third-order valence-corrected chi connectivity index (χ3v) is 3.87. The second-order valence-electron chi connectivity index (χ2n) is 5.83. The highest BCUT2D eigenvalue weighted by molar-refractivity contribution is 5.94. The van der Waals surface area contributed by atoms with Crippen molar-refractivity contribution in [3.05, 3.63) is 66.1 Å². The van der Waals surface area contributed by atoms with Gasteiger partial charge in [0.15, 0.2) is 11.4 Å². The molecule has 27 heavy (non-hydrogen) atoms. The summed E-state index contributed by atoms with van der Waals surface area (Å²) in [5, 5.41) is 7.23. The number of carbonyl (C=O) groups excluding carboxylic acids is 1. The van der Waals surface area contributed by atoms with E-state index in [-0.39, 0.29) is 18.1 Å². The molecule has 0 atom stereocenters. The second kappa shape index (κ2) is 8.84. The topological polar surface area (TPSA) is 78.3 Å². The zero-order valence-corrected chi connectivity index (χ0v) is 15.4. The third-order valence-electron chi connectivity index (χ3n) is 3.87. The van der Waals surface area contributed by atoms with Crippen LogP contribution in [0.4, 0.5) is 0 Å². The van der Waals surface area contributed by atoms with Crippen LogP contribution < -0.4 is 14.8 Å². The molecule has 2 heterocycles. The number of nitrogens with one attached hydrogen (secondary N) is 1. The van der Waals surface area contributed by atoms with Crippen LogP contribution >= 0.6 is 0 Å². The molecule has 7 heteroatoms. The average Bonchev–Trinajstić information content (AvgIpc) is 3.16. The maximum Gasteiger partial charge on any atom is 0.275 e. The van der Waals surface area contributed by atoms with Crippen LogP contribution in [0.2, 0.25) is 0 Å². The molecule has 0 aliphatic rings. The van der Waals surface area contributed by atoms with Crippen LogP contribution in [-0.4, -0.2) is 34.4 Å². The van der Waals surface area contributed by atoms with Crippen molar-refractivity contribution in [2.24, 2.45) is 0 Å². The first-order valence-corrected chi connectivity index (χ1v) is 8.77. The minimum Gasteiger partial charge on any atom is -0.493 e. The van der Waals surface area contributed by atoms with Crippen molar-refractivity contribution in [2.45, 2.75) is 19.9 Å². The molecular formula is C20H22N4O3. The van der Waals surface area contributed by atoms with Gasteiger partial charge in [-0.05, 0) is 24.6 Å². The fraction of sp³-hybridized carbons (Fsp3) is 0.250. The van der Waals surface area contributed by atoms with E-state index in [1.54, 1.807) is 17.1 Å². The first-order chi connectivity index (χ1) is 13.2. The number of ether oxygens (including phenoxy) is 2. The Bertz CT molecular complexity index is 893. The van der Waals surface area contributed by atoms with Gasteiger partial charge >= 0.3 is 0 Å². The van der Waals surface area contributed by atoms with Crippen molar-refractivity contribution in [2.75, 3.05) is 13.7 Å². The van der Waals surface area contributed by atoms with E-state index in [0.717, 1.165) is 17.7 Å². The number of rotatable bonds is 8. The number of benzene rings is 1. The highest BCUT2D eigenvalue weighted by Gasteiger charge is 2.18. The van der Waals surface area contributed by atoms with Crippen LogP contribution in [0.15, 0.2) is 54.9 Å². The van der Waals surface area contributed by atoms with Crippen LogP contribution in [0.1, 0.15) is 29.4 Å². The fourth-order valence-corrected chi connectivity index (χ4v) is 2.52.